The van der Waals surface area contributed by atoms with Crippen LogP contribution in [0.5, 0.6) is 0 Å². The Morgan fingerprint density at radius 1 is 1.43 bits per heavy atom. The predicted octanol–water partition coefficient (Wildman–Crippen LogP) is 2.72. The lowest BCUT2D eigenvalue weighted by molar-refractivity contribution is 0.0532. The largest absolute Gasteiger partial charge is 0.444 e. The Morgan fingerprint density at radius 2 is 1.93 bits per heavy atom. The third-order valence-corrected chi connectivity index (χ3v) is 1.68. The molecule has 14 heavy (non-hydrogen) atoms. The van der Waals surface area contributed by atoms with Crippen molar-refractivity contribution in [3.63, 3.8) is 0 Å². The Balaban J connectivity index is 3.81. The van der Waals surface area contributed by atoms with Crippen LogP contribution in [-0.4, -0.2) is 18.2 Å². The van der Waals surface area contributed by atoms with Crippen LogP contribution in [0.3, 0.4) is 0 Å². The molecular formula is C11H21NO2. The van der Waals surface area contributed by atoms with Gasteiger partial charge in [0.05, 0.1) is 0 Å². The number of hydrogen-bond acceptors (Lipinski definition) is 2. The molecule has 1 N–H and O–H groups in total. The standard InChI is InChI=1S/C11H21NO2/c1-8(2)9(3)7-12-10(13)14-11(4,5)6/h8H,3,7H2,1-2,4-6H3,(H,12,13). The predicted molar refractivity (Wildman–Crippen MR) is 58.2 cm³/mol. The van der Waals surface area contributed by atoms with Crippen molar-refractivity contribution in [2.24, 2.45) is 5.92 Å². The molecule has 0 aliphatic rings. The maximum absolute atomic E-state index is 11.2. The van der Waals surface area contributed by atoms with E-state index in [2.05, 4.69) is 11.9 Å². The van der Waals surface area contributed by atoms with Crippen molar-refractivity contribution in [1.82, 2.24) is 5.32 Å². The Labute approximate surface area is 86.5 Å². The monoisotopic (exact) mass is 199 g/mol. The van der Waals surface area contributed by atoms with Crippen LogP contribution in [0.4, 0.5) is 4.79 Å². The maximum atomic E-state index is 11.2. The minimum absolute atomic E-state index is 0.380. The number of nitrogens with one attached hydrogen (secondary N) is 1. The van der Waals surface area contributed by atoms with Crippen molar-refractivity contribution in [3.8, 4) is 0 Å². The number of carbonyl (C=O) groups excluding carboxylic acids is 1. The van der Waals surface area contributed by atoms with Gasteiger partial charge < -0.3 is 10.1 Å². The van der Waals surface area contributed by atoms with E-state index in [-0.39, 0.29) is 6.09 Å². The van der Waals surface area contributed by atoms with Gasteiger partial charge in [-0.25, -0.2) is 4.79 Å². The van der Waals surface area contributed by atoms with E-state index >= 15 is 0 Å². The minimum atomic E-state index is -0.441. The van der Waals surface area contributed by atoms with Crippen LogP contribution in [0.25, 0.3) is 0 Å². The number of hydrogen-bond donors (Lipinski definition) is 1. The van der Waals surface area contributed by atoms with Crippen molar-refractivity contribution in [1.29, 1.82) is 0 Å². The smallest absolute Gasteiger partial charge is 0.407 e. The molecule has 3 nitrogen and oxygen atoms in total. The SMILES string of the molecule is C=C(CNC(=O)OC(C)(C)C)C(C)C. The molecule has 0 heterocycles. The molecule has 0 aliphatic heterocycles. The number of alkyl carbamates (subject to hydrolysis) is 1. The highest BCUT2D eigenvalue weighted by molar-refractivity contribution is 5.67. The van der Waals surface area contributed by atoms with Crippen LogP contribution < -0.4 is 5.32 Å². The third kappa shape index (κ3) is 6.52. The van der Waals surface area contributed by atoms with Gasteiger partial charge in [-0.2, -0.15) is 0 Å². The average molecular weight is 199 g/mol. The Kier molecular flexibility index (Phi) is 4.68. The van der Waals surface area contributed by atoms with Crippen molar-refractivity contribution in [3.05, 3.63) is 12.2 Å². The van der Waals surface area contributed by atoms with Gasteiger partial charge in [0.1, 0.15) is 5.60 Å². The molecule has 0 spiro atoms. The molecule has 0 aromatic rings. The first-order valence-electron chi connectivity index (χ1n) is 4.87. The van der Waals surface area contributed by atoms with Crippen molar-refractivity contribution >= 4 is 6.09 Å². The lowest BCUT2D eigenvalue weighted by Crippen LogP contribution is -2.33. The Hall–Kier alpha value is -0.990. The van der Waals surface area contributed by atoms with Crippen LogP contribution in [0.2, 0.25) is 0 Å². The molecule has 0 aliphatic carbocycles. The summed E-state index contributed by atoms with van der Waals surface area (Å²) in [4.78, 5) is 11.2. The average Bonchev–Trinajstić information content (AvgIpc) is 1.96. The van der Waals surface area contributed by atoms with Crippen molar-refractivity contribution in [2.75, 3.05) is 6.54 Å². The number of ether oxygens (including phenoxy) is 1. The molecule has 1 amide bonds. The summed E-state index contributed by atoms with van der Waals surface area (Å²) in [5.41, 5.74) is 0.555. The summed E-state index contributed by atoms with van der Waals surface area (Å²) < 4.78 is 5.08. The summed E-state index contributed by atoms with van der Waals surface area (Å²) in [6.45, 7) is 13.9. The second kappa shape index (κ2) is 5.03. The molecule has 0 fully saturated rings. The fourth-order valence-electron chi connectivity index (χ4n) is 0.704. The fraction of sp³-hybridized carbons (Fsp3) is 0.727. The second-order valence-electron chi connectivity index (χ2n) is 4.67. The van der Waals surface area contributed by atoms with Gasteiger partial charge in [0.25, 0.3) is 0 Å². The molecule has 0 aromatic carbocycles. The highest BCUT2D eigenvalue weighted by atomic mass is 16.6. The van der Waals surface area contributed by atoms with Crippen molar-refractivity contribution < 1.29 is 9.53 Å². The van der Waals surface area contributed by atoms with E-state index in [1.165, 1.54) is 0 Å². The molecule has 82 valence electrons. The van der Waals surface area contributed by atoms with E-state index in [0.717, 1.165) is 5.57 Å². The molecule has 0 atom stereocenters. The molecule has 0 rings (SSSR count). The van der Waals surface area contributed by atoms with E-state index in [4.69, 9.17) is 4.74 Å². The van der Waals surface area contributed by atoms with Gasteiger partial charge in [0.2, 0.25) is 0 Å². The molecule has 0 radical (unpaired) electrons. The topological polar surface area (TPSA) is 38.3 Å². The first-order chi connectivity index (χ1) is 6.22. The van der Waals surface area contributed by atoms with E-state index < -0.39 is 5.60 Å². The van der Waals surface area contributed by atoms with Crippen LogP contribution in [0.1, 0.15) is 34.6 Å². The molecule has 0 unspecified atom stereocenters. The van der Waals surface area contributed by atoms with Gasteiger partial charge in [0, 0.05) is 6.54 Å². The molecular weight excluding hydrogens is 178 g/mol. The summed E-state index contributed by atoms with van der Waals surface area (Å²) in [6, 6.07) is 0. The van der Waals surface area contributed by atoms with Gasteiger partial charge >= 0.3 is 6.09 Å². The molecule has 0 bridgehead atoms. The number of amides is 1. The highest BCUT2D eigenvalue weighted by Crippen LogP contribution is 2.08. The fourth-order valence-corrected chi connectivity index (χ4v) is 0.704. The Bertz CT molecular complexity index is 214. The zero-order chi connectivity index (χ0) is 11.4. The zero-order valence-electron chi connectivity index (χ0n) is 9.81. The van der Waals surface area contributed by atoms with Crippen LogP contribution in [0, 0.1) is 5.92 Å². The summed E-state index contributed by atoms with van der Waals surface area (Å²) in [5.74, 6) is 0.380. The molecule has 0 saturated heterocycles. The number of carbonyl (C=O) groups is 1. The third-order valence-electron chi connectivity index (χ3n) is 1.68. The second-order valence-corrected chi connectivity index (χ2v) is 4.67. The first-order valence-corrected chi connectivity index (χ1v) is 4.87. The van der Waals surface area contributed by atoms with E-state index in [0.29, 0.717) is 12.5 Å². The Morgan fingerprint density at radius 3 is 2.29 bits per heavy atom. The van der Waals surface area contributed by atoms with Crippen molar-refractivity contribution in [2.45, 2.75) is 40.2 Å². The van der Waals surface area contributed by atoms with Gasteiger partial charge in [-0.3, -0.25) is 0 Å². The van der Waals surface area contributed by atoms with E-state index in [1.54, 1.807) is 0 Å². The van der Waals surface area contributed by atoms with E-state index in [1.807, 2.05) is 34.6 Å². The van der Waals surface area contributed by atoms with Gasteiger partial charge in [-0.15, -0.1) is 0 Å². The van der Waals surface area contributed by atoms with Crippen LogP contribution >= 0.6 is 0 Å². The highest BCUT2D eigenvalue weighted by Gasteiger charge is 2.15. The lowest BCUT2D eigenvalue weighted by Gasteiger charge is -2.20. The molecule has 3 heteroatoms. The molecule has 0 saturated carbocycles. The summed E-state index contributed by atoms with van der Waals surface area (Å²) in [7, 11) is 0. The van der Waals surface area contributed by atoms with Gasteiger partial charge in [-0.1, -0.05) is 26.0 Å². The summed E-state index contributed by atoms with van der Waals surface area (Å²) >= 11 is 0. The van der Waals surface area contributed by atoms with Gasteiger partial charge in [0.15, 0.2) is 0 Å². The molecule has 0 aromatic heterocycles. The van der Waals surface area contributed by atoms with E-state index in [9.17, 15) is 4.79 Å². The minimum Gasteiger partial charge on any atom is -0.444 e. The maximum Gasteiger partial charge on any atom is 0.407 e. The quantitative estimate of drug-likeness (QED) is 0.710. The summed E-state index contributed by atoms with van der Waals surface area (Å²) in [5, 5.41) is 2.66. The normalized spacial score (nSPS) is 11.3. The van der Waals surface area contributed by atoms with Crippen LogP contribution in [-0.2, 0) is 4.74 Å². The van der Waals surface area contributed by atoms with Crippen LogP contribution in [0.15, 0.2) is 12.2 Å². The first kappa shape index (κ1) is 13.0. The lowest BCUT2D eigenvalue weighted by atomic mass is 10.1. The summed E-state index contributed by atoms with van der Waals surface area (Å²) in [6.07, 6.45) is -0.390. The zero-order valence-corrected chi connectivity index (χ0v) is 9.81. The number of rotatable bonds is 3. The van der Waals surface area contributed by atoms with Gasteiger partial charge in [-0.05, 0) is 26.7 Å².